The van der Waals surface area contributed by atoms with Crippen molar-refractivity contribution in [3.05, 3.63) is 62.7 Å². The van der Waals surface area contributed by atoms with Crippen LogP contribution in [0.25, 0.3) is 11.0 Å². The molecule has 1 unspecified atom stereocenters. The van der Waals surface area contributed by atoms with Gasteiger partial charge in [0.2, 0.25) is 11.3 Å². The predicted octanol–water partition coefficient (Wildman–Crippen LogP) is 3.70. The molecule has 0 aliphatic heterocycles. The Morgan fingerprint density at radius 1 is 1.34 bits per heavy atom. The van der Waals surface area contributed by atoms with Gasteiger partial charge in [0, 0.05) is 12.7 Å². The summed E-state index contributed by atoms with van der Waals surface area (Å²) in [6.07, 6.45) is 1.20. The number of benzene rings is 1. The van der Waals surface area contributed by atoms with Gasteiger partial charge in [-0.05, 0) is 29.7 Å². The van der Waals surface area contributed by atoms with E-state index in [2.05, 4.69) is 10.3 Å². The minimum atomic E-state index is -1.38. The number of nitrogens with zero attached hydrogens (tertiary/aromatic N) is 2. The number of aliphatic hydroxyl groups excluding tert-OH is 1. The number of hydrogen-bond acceptors (Lipinski definition) is 6. The summed E-state index contributed by atoms with van der Waals surface area (Å²) >= 11 is 5.71. The topological polar surface area (TPSA) is 114 Å². The second kappa shape index (κ2) is 9.54. The van der Waals surface area contributed by atoms with Crippen molar-refractivity contribution in [1.82, 2.24) is 9.55 Å². The van der Waals surface area contributed by atoms with Crippen molar-refractivity contribution in [2.24, 2.45) is 5.92 Å². The number of fused-ring (bicyclic) bond motifs is 1. The van der Waals surface area contributed by atoms with Crippen molar-refractivity contribution >= 4 is 34.3 Å². The number of hydrogen-bond donors (Lipinski definition) is 3. The molecular formula is C22H23ClFN3O5. The number of halogens is 2. The third-order valence-electron chi connectivity index (χ3n) is 5.17. The van der Waals surface area contributed by atoms with Crippen LogP contribution in [-0.4, -0.2) is 39.5 Å². The summed E-state index contributed by atoms with van der Waals surface area (Å²) in [5.74, 6) is -1.86. The molecule has 1 aromatic carbocycles. The third-order valence-corrected chi connectivity index (χ3v) is 5.48. The number of nitrogens with one attached hydrogen (secondary N) is 1. The van der Waals surface area contributed by atoms with E-state index >= 15 is 0 Å². The summed E-state index contributed by atoms with van der Waals surface area (Å²) in [6.45, 7) is 3.63. The molecule has 0 fully saturated rings. The first-order chi connectivity index (χ1) is 15.2. The number of anilines is 1. The van der Waals surface area contributed by atoms with E-state index in [4.69, 9.17) is 16.3 Å². The monoisotopic (exact) mass is 463 g/mol. The fourth-order valence-electron chi connectivity index (χ4n) is 3.41. The second-order valence-corrected chi connectivity index (χ2v) is 8.00. The van der Waals surface area contributed by atoms with Gasteiger partial charge in [-0.15, -0.1) is 0 Å². The Morgan fingerprint density at radius 3 is 2.62 bits per heavy atom. The number of aromatic nitrogens is 2. The lowest BCUT2D eigenvalue weighted by atomic mass is 10.0. The van der Waals surface area contributed by atoms with E-state index in [1.807, 2.05) is 13.8 Å². The van der Waals surface area contributed by atoms with Crippen LogP contribution in [-0.2, 0) is 6.54 Å². The van der Waals surface area contributed by atoms with Crippen molar-refractivity contribution in [1.29, 1.82) is 0 Å². The Labute approximate surface area is 188 Å². The van der Waals surface area contributed by atoms with E-state index in [1.54, 1.807) is 6.07 Å². The van der Waals surface area contributed by atoms with Gasteiger partial charge in [-0.1, -0.05) is 31.5 Å². The Morgan fingerprint density at radius 2 is 2.06 bits per heavy atom. The molecule has 0 spiro atoms. The van der Waals surface area contributed by atoms with Crippen LogP contribution in [0.4, 0.5) is 10.1 Å². The van der Waals surface area contributed by atoms with Gasteiger partial charge in [0.1, 0.15) is 17.0 Å². The summed E-state index contributed by atoms with van der Waals surface area (Å²) in [4.78, 5) is 29.0. The number of pyridine rings is 2. The first kappa shape index (κ1) is 23.5. The largest absolute Gasteiger partial charge is 0.479 e. The van der Waals surface area contributed by atoms with Crippen LogP contribution in [0.15, 0.2) is 35.3 Å². The molecular weight excluding hydrogens is 441 g/mol. The molecule has 1 atom stereocenters. The SMILES string of the molecule is COc1nc2c(cc1NCc1ccc(Cl)c(F)c1)c(=O)c(C(=O)O)cn2C(CO)C(C)C. The first-order valence-electron chi connectivity index (χ1n) is 9.83. The van der Waals surface area contributed by atoms with Gasteiger partial charge in [-0.3, -0.25) is 4.79 Å². The second-order valence-electron chi connectivity index (χ2n) is 7.60. The maximum atomic E-state index is 13.7. The van der Waals surface area contributed by atoms with E-state index in [9.17, 15) is 24.2 Å². The lowest BCUT2D eigenvalue weighted by Crippen LogP contribution is -2.26. The molecule has 2 heterocycles. The summed E-state index contributed by atoms with van der Waals surface area (Å²) in [5, 5.41) is 22.5. The van der Waals surface area contributed by atoms with Crippen LogP contribution in [0.3, 0.4) is 0 Å². The lowest BCUT2D eigenvalue weighted by Gasteiger charge is -2.24. The van der Waals surface area contributed by atoms with E-state index in [0.717, 1.165) is 0 Å². The average Bonchev–Trinajstić information content (AvgIpc) is 2.75. The number of carboxylic acids is 1. The molecule has 0 radical (unpaired) electrons. The Bertz CT molecular complexity index is 1230. The van der Waals surface area contributed by atoms with Gasteiger partial charge < -0.3 is 24.8 Å². The fraction of sp³-hybridized carbons (Fsp3) is 0.318. The number of carbonyl (C=O) groups is 1. The smallest absolute Gasteiger partial charge is 0.341 e. The number of ether oxygens (including phenoxy) is 1. The standard InChI is InChI=1S/C22H23ClFN3O5/c1-11(2)18(10-28)27-9-14(22(30)31)19(29)13-7-17(21(32-3)26-20(13)27)25-8-12-4-5-15(23)16(24)6-12/h4-7,9,11,18,25,28H,8,10H2,1-3H3,(H,30,31). The zero-order valence-corrected chi connectivity index (χ0v) is 18.5. The molecule has 0 aliphatic rings. The number of rotatable bonds is 8. The molecule has 2 aromatic heterocycles. The molecule has 0 saturated heterocycles. The summed E-state index contributed by atoms with van der Waals surface area (Å²) in [7, 11) is 1.40. The Hall–Kier alpha value is -3.17. The van der Waals surface area contributed by atoms with E-state index in [1.165, 1.54) is 36.1 Å². The van der Waals surface area contributed by atoms with Crippen molar-refractivity contribution in [3.8, 4) is 5.88 Å². The highest BCUT2D eigenvalue weighted by atomic mass is 35.5. The predicted molar refractivity (Wildman–Crippen MR) is 119 cm³/mol. The number of methoxy groups -OCH3 is 1. The highest BCUT2D eigenvalue weighted by molar-refractivity contribution is 6.30. The Balaban J connectivity index is 2.16. The van der Waals surface area contributed by atoms with Gasteiger partial charge in [0.25, 0.3) is 0 Å². The molecule has 0 bridgehead atoms. The van der Waals surface area contributed by atoms with Crippen molar-refractivity contribution in [2.75, 3.05) is 19.0 Å². The highest BCUT2D eigenvalue weighted by Gasteiger charge is 2.23. The maximum Gasteiger partial charge on any atom is 0.341 e. The third kappa shape index (κ3) is 4.53. The number of aromatic carboxylic acids is 1. The molecule has 0 aliphatic carbocycles. The van der Waals surface area contributed by atoms with Crippen LogP contribution in [0.1, 0.15) is 35.8 Å². The van der Waals surface area contributed by atoms with Crippen molar-refractivity contribution in [3.63, 3.8) is 0 Å². The normalized spacial score (nSPS) is 12.2. The zero-order chi connectivity index (χ0) is 23.6. The molecule has 3 rings (SSSR count). The first-order valence-corrected chi connectivity index (χ1v) is 10.2. The van der Waals surface area contributed by atoms with Gasteiger partial charge in [-0.2, -0.15) is 4.98 Å². The molecule has 10 heteroatoms. The number of aliphatic hydroxyl groups is 1. The van der Waals surface area contributed by atoms with Crippen LogP contribution in [0, 0.1) is 11.7 Å². The maximum absolute atomic E-state index is 13.7. The summed E-state index contributed by atoms with van der Waals surface area (Å²) < 4.78 is 20.6. The fourth-order valence-corrected chi connectivity index (χ4v) is 3.53. The minimum absolute atomic E-state index is 0.00374. The molecule has 0 amide bonds. The van der Waals surface area contributed by atoms with Crippen LogP contribution >= 0.6 is 11.6 Å². The summed E-state index contributed by atoms with van der Waals surface area (Å²) in [6, 6.07) is 5.30. The van der Waals surface area contributed by atoms with Gasteiger partial charge in [0.05, 0.1) is 35.9 Å². The van der Waals surface area contributed by atoms with Crippen molar-refractivity contribution in [2.45, 2.75) is 26.4 Å². The Kier molecular flexibility index (Phi) is 7.00. The molecule has 32 heavy (non-hydrogen) atoms. The van der Waals surface area contributed by atoms with Gasteiger partial charge in [0.15, 0.2) is 0 Å². The molecule has 8 nitrogen and oxygen atoms in total. The van der Waals surface area contributed by atoms with Gasteiger partial charge in [-0.25, -0.2) is 9.18 Å². The average molecular weight is 464 g/mol. The zero-order valence-electron chi connectivity index (χ0n) is 17.7. The van der Waals surface area contributed by atoms with Crippen molar-refractivity contribution < 1.29 is 24.1 Å². The number of carboxylic acid groups (broad SMARTS) is 1. The minimum Gasteiger partial charge on any atom is -0.479 e. The highest BCUT2D eigenvalue weighted by Crippen LogP contribution is 2.29. The lowest BCUT2D eigenvalue weighted by molar-refractivity contribution is 0.0694. The van der Waals surface area contributed by atoms with Crippen LogP contribution in [0.2, 0.25) is 5.02 Å². The van der Waals surface area contributed by atoms with Gasteiger partial charge >= 0.3 is 5.97 Å². The molecule has 0 saturated carbocycles. The molecule has 3 N–H and O–H groups in total. The summed E-state index contributed by atoms with van der Waals surface area (Å²) in [5.41, 5.74) is -0.0422. The quantitative estimate of drug-likeness (QED) is 0.466. The molecule has 3 aromatic rings. The van der Waals surface area contributed by atoms with E-state index in [-0.39, 0.29) is 41.0 Å². The van der Waals surface area contributed by atoms with Crippen LogP contribution < -0.4 is 15.5 Å². The van der Waals surface area contributed by atoms with E-state index < -0.39 is 28.8 Å². The van der Waals surface area contributed by atoms with Crippen LogP contribution in [0.5, 0.6) is 5.88 Å². The molecule has 170 valence electrons. The van der Waals surface area contributed by atoms with E-state index in [0.29, 0.717) is 11.3 Å².